The maximum Gasteiger partial charge on any atom is 0.225 e. The van der Waals surface area contributed by atoms with Crippen molar-refractivity contribution in [1.82, 2.24) is 4.90 Å². The van der Waals surface area contributed by atoms with Crippen LogP contribution in [0.2, 0.25) is 0 Å². The van der Waals surface area contributed by atoms with E-state index in [1.54, 1.807) is 0 Å². The van der Waals surface area contributed by atoms with E-state index in [1.165, 1.54) is 0 Å². The Kier molecular flexibility index (Phi) is 7.21. The van der Waals surface area contributed by atoms with Crippen LogP contribution in [0.15, 0.2) is 54.6 Å². The Hall–Kier alpha value is -1.88. The number of para-hydroxylation sites is 1. The molecule has 3 rings (SSSR count). The standard InChI is InChI=1S/C21H27N3O.ClH/c1-21(15-22)12-14-24(16-21)13-11-20(25)23-19-10-6-5-9-18(19)17-7-3-2-4-8-17;/h2-10H,11-16,22H2,1H3,(H,23,25);1H. The first-order valence-corrected chi connectivity index (χ1v) is 8.96. The fourth-order valence-corrected chi connectivity index (χ4v) is 3.42. The third kappa shape index (κ3) is 5.07. The van der Waals surface area contributed by atoms with Crippen LogP contribution in [0.5, 0.6) is 0 Å². The van der Waals surface area contributed by atoms with Gasteiger partial charge in [-0.1, -0.05) is 55.5 Å². The number of halogens is 1. The minimum Gasteiger partial charge on any atom is -0.330 e. The van der Waals surface area contributed by atoms with E-state index in [0.717, 1.165) is 42.9 Å². The fraction of sp³-hybridized carbons (Fsp3) is 0.381. The molecule has 0 aromatic heterocycles. The first-order valence-electron chi connectivity index (χ1n) is 8.96. The molecule has 1 aliphatic rings. The van der Waals surface area contributed by atoms with E-state index in [0.29, 0.717) is 13.0 Å². The number of hydrogen-bond acceptors (Lipinski definition) is 3. The van der Waals surface area contributed by atoms with Crippen molar-refractivity contribution in [2.24, 2.45) is 11.1 Å². The van der Waals surface area contributed by atoms with Crippen molar-refractivity contribution in [3.63, 3.8) is 0 Å². The Balaban J connectivity index is 0.00000243. The molecule has 5 heteroatoms. The van der Waals surface area contributed by atoms with Crippen LogP contribution in [0.3, 0.4) is 0 Å². The SMILES string of the molecule is CC1(CN)CCN(CCC(=O)Nc2ccccc2-c2ccccc2)C1.Cl. The van der Waals surface area contributed by atoms with E-state index in [1.807, 2.05) is 42.5 Å². The van der Waals surface area contributed by atoms with Crippen LogP contribution >= 0.6 is 12.4 Å². The first kappa shape index (κ1) is 20.4. The third-order valence-electron chi connectivity index (χ3n) is 5.07. The predicted octanol–water partition coefficient (Wildman–Crippen LogP) is 3.77. The van der Waals surface area contributed by atoms with Gasteiger partial charge in [0.2, 0.25) is 5.91 Å². The molecule has 0 radical (unpaired) electrons. The van der Waals surface area contributed by atoms with Crippen molar-refractivity contribution in [2.75, 3.05) is 31.5 Å². The highest BCUT2D eigenvalue weighted by Crippen LogP contribution is 2.29. The van der Waals surface area contributed by atoms with Gasteiger partial charge in [-0.25, -0.2) is 0 Å². The normalized spacial score (nSPS) is 19.8. The largest absolute Gasteiger partial charge is 0.330 e. The summed E-state index contributed by atoms with van der Waals surface area (Å²) in [4.78, 5) is 14.8. The van der Waals surface area contributed by atoms with Crippen LogP contribution in [0.25, 0.3) is 11.1 Å². The van der Waals surface area contributed by atoms with E-state index in [-0.39, 0.29) is 23.7 Å². The average Bonchev–Trinajstić information content (AvgIpc) is 3.03. The van der Waals surface area contributed by atoms with Gasteiger partial charge in [0.05, 0.1) is 0 Å². The van der Waals surface area contributed by atoms with Crippen molar-refractivity contribution in [2.45, 2.75) is 19.8 Å². The molecular weight excluding hydrogens is 346 g/mol. The summed E-state index contributed by atoms with van der Waals surface area (Å²) < 4.78 is 0. The van der Waals surface area contributed by atoms with E-state index in [9.17, 15) is 4.79 Å². The van der Waals surface area contributed by atoms with Crippen molar-refractivity contribution in [3.05, 3.63) is 54.6 Å². The molecular formula is C21H28ClN3O. The molecule has 2 aromatic carbocycles. The number of carbonyl (C=O) groups is 1. The molecule has 0 aliphatic carbocycles. The van der Waals surface area contributed by atoms with E-state index >= 15 is 0 Å². The molecule has 1 amide bonds. The van der Waals surface area contributed by atoms with Crippen LogP contribution in [0, 0.1) is 5.41 Å². The van der Waals surface area contributed by atoms with Gasteiger partial charge in [-0.15, -0.1) is 12.4 Å². The lowest BCUT2D eigenvalue weighted by molar-refractivity contribution is -0.116. The van der Waals surface area contributed by atoms with Crippen LogP contribution < -0.4 is 11.1 Å². The molecule has 0 spiro atoms. The molecule has 1 aliphatic heterocycles. The summed E-state index contributed by atoms with van der Waals surface area (Å²) >= 11 is 0. The zero-order valence-corrected chi connectivity index (χ0v) is 16.1. The van der Waals surface area contributed by atoms with Crippen molar-refractivity contribution in [1.29, 1.82) is 0 Å². The molecule has 1 heterocycles. The Labute approximate surface area is 162 Å². The van der Waals surface area contributed by atoms with Crippen LogP contribution in [0.4, 0.5) is 5.69 Å². The number of nitrogens with zero attached hydrogens (tertiary/aromatic N) is 1. The van der Waals surface area contributed by atoms with Crippen molar-refractivity contribution < 1.29 is 4.79 Å². The van der Waals surface area contributed by atoms with Crippen molar-refractivity contribution in [3.8, 4) is 11.1 Å². The monoisotopic (exact) mass is 373 g/mol. The second-order valence-corrected chi connectivity index (χ2v) is 7.25. The van der Waals surface area contributed by atoms with Gasteiger partial charge in [-0.2, -0.15) is 0 Å². The topological polar surface area (TPSA) is 58.4 Å². The van der Waals surface area contributed by atoms with Gasteiger partial charge in [0.25, 0.3) is 0 Å². The Morgan fingerprint density at radius 1 is 1.15 bits per heavy atom. The third-order valence-corrected chi connectivity index (χ3v) is 5.07. The molecule has 4 nitrogen and oxygen atoms in total. The van der Waals surface area contributed by atoms with Gasteiger partial charge in [-0.05, 0) is 36.6 Å². The average molecular weight is 374 g/mol. The number of hydrogen-bond donors (Lipinski definition) is 2. The lowest BCUT2D eigenvalue weighted by atomic mass is 9.90. The quantitative estimate of drug-likeness (QED) is 0.810. The molecule has 140 valence electrons. The zero-order chi connectivity index (χ0) is 17.7. The number of carbonyl (C=O) groups excluding carboxylic acids is 1. The lowest BCUT2D eigenvalue weighted by Crippen LogP contribution is -2.32. The first-order chi connectivity index (χ1) is 12.1. The highest BCUT2D eigenvalue weighted by Gasteiger charge is 2.32. The maximum atomic E-state index is 12.4. The van der Waals surface area contributed by atoms with Gasteiger partial charge >= 0.3 is 0 Å². The van der Waals surface area contributed by atoms with Gasteiger partial charge in [0, 0.05) is 30.8 Å². The maximum absolute atomic E-state index is 12.4. The number of rotatable bonds is 6. The van der Waals surface area contributed by atoms with E-state index in [4.69, 9.17) is 5.73 Å². The van der Waals surface area contributed by atoms with Crippen LogP contribution in [-0.2, 0) is 4.79 Å². The fourth-order valence-electron chi connectivity index (χ4n) is 3.42. The molecule has 26 heavy (non-hydrogen) atoms. The second kappa shape index (κ2) is 9.17. The summed E-state index contributed by atoms with van der Waals surface area (Å²) in [7, 11) is 0. The summed E-state index contributed by atoms with van der Waals surface area (Å²) in [6.07, 6.45) is 1.62. The molecule has 2 aromatic rings. The Morgan fingerprint density at radius 2 is 1.85 bits per heavy atom. The smallest absolute Gasteiger partial charge is 0.225 e. The molecule has 0 bridgehead atoms. The number of anilines is 1. The molecule has 3 N–H and O–H groups in total. The number of benzene rings is 2. The number of likely N-dealkylation sites (tertiary alicyclic amines) is 1. The summed E-state index contributed by atoms with van der Waals surface area (Å²) in [6.45, 7) is 5.73. The van der Waals surface area contributed by atoms with Crippen LogP contribution in [0.1, 0.15) is 19.8 Å². The summed E-state index contributed by atoms with van der Waals surface area (Å²) in [5, 5.41) is 3.08. The van der Waals surface area contributed by atoms with Gasteiger partial charge < -0.3 is 16.0 Å². The Bertz CT molecular complexity index is 722. The highest BCUT2D eigenvalue weighted by molar-refractivity contribution is 5.95. The highest BCUT2D eigenvalue weighted by atomic mass is 35.5. The second-order valence-electron chi connectivity index (χ2n) is 7.25. The molecule has 1 fully saturated rings. The predicted molar refractivity (Wildman–Crippen MR) is 111 cm³/mol. The number of nitrogens with two attached hydrogens (primary N) is 1. The molecule has 1 saturated heterocycles. The number of amides is 1. The van der Waals surface area contributed by atoms with Gasteiger partial charge in [-0.3, -0.25) is 4.79 Å². The molecule has 1 atom stereocenters. The van der Waals surface area contributed by atoms with Crippen molar-refractivity contribution >= 4 is 24.0 Å². The summed E-state index contributed by atoms with van der Waals surface area (Å²) in [5.41, 5.74) is 9.08. The molecule has 1 unspecified atom stereocenters. The zero-order valence-electron chi connectivity index (χ0n) is 15.3. The summed E-state index contributed by atoms with van der Waals surface area (Å²) in [6, 6.07) is 18.1. The van der Waals surface area contributed by atoms with Gasteiger partial charge in [0.1, 0.15) is 0 Å². The van der Waals surface area contributed by atoms with E-state index < -0.39 is 0 Å². The lowest BCUT2D eigenvalue weighted by Gasteiger charge is -2.22. The number of nitrogens with one attached hydrogen (secondary N) is 1. The van der Waals surface area contributed by atoms with Gasteiger partial charge in [0.15, 0.2) is 0 Å². The summed E-state index contributed by atoms with van der Waals surface area (Å²) in [5.74, 6) is 0.0599. The Morgan fingerprint density at radius 3 is 2.54 bits per heavy atom. The van der Waals surface area contributed by atoms with Crippen LogP contribution in [-0.4, -0.2) is 37.0 Å². The molecule has 0 saturated carbocycles. The van der Waals surface area contributed by atoms with E-state index in [2.05, 4.69) is 29.3 Å². The minimum absolute atomic E-state index is 0. The minimum atomic E-state index is 0.